The van der Waals surface area contributed by atoms with Crippen molar-refractivity contribution in [3.05, 3.63) is 27.7 Å². The highest BCUT2D eigenvalue weighted by Gasteiger charge is 2.15. The first-order chi connectivity index (χ1) is 8.69. The first-order valence-electron chi connectivity index (χ1n) is 5.83. The van der Waals surface area contributed by atoms with Gasteiger partial charge in [-0.15, -0.1) is 0 Å². The highest BCUT2D eigenvalue weighted by molar-refractivity contribution is 6.35. The smallest absolute Gasteiger partial charge is 0.255 e. The van der Waals surface area contributed by atoms with Gasteiger partial charge in [-0.3, -0.25) is 4.79 Å². The van der Waals surface area contributed by atoms with Crippen LogP contribution in [-0.4, -0.2) is 18.1 Å². The second kappa shape index (κ2) is 7.93. The molecule has 114 valence electrons. The van der Waals surface area contributed by atoms with Crippen LogP contribution in [0, 0.1) is 0 Å². The van der Waals surface area contributed by atoms with E-state index in [1.165, 1.54) is 0 Å². The van der Waals surface area contributed by atoms with Gasteiger partial charge in [0.2, 0.25) is 0 Å². The Morgan fingerprint density at radius 1 is 1.35 bits per heavy atom. The summed E-state index contributed by atoms with van der Waals surface area (Å²) in [5, 5.41) is 4.18. The Balaban J connectivity index is 0.00000361. The van der Waals surface area contributed by atoms with E-state index in [1.807, 2.05) is 20.8 Å². The third-order valence-corrected chi connectivity index (χ3v) is 2.75. The number of benzene rings is 1. The van der Waals surface area contributed by atoms with Gasteiger partial charge in [-0.25, -0.2) is 0 Å². The van der Waals surface area contributed by atoms with Crippen LogP contribution in [-0.2, 0) is 11.3 Å². The van der Waals surface area contributed by atoms with Crippen molar-refractivity contribution in [3.8, 4) is 5.75 Å². The van der Waals surface area contributed by atoms with Crippen molar-refractivity contribution in [2.75, 3.05) is 6.61 Å². The van der Waals surface area contributed by atoms with Crippen LogP contribution >= 0.6 is 23.2 Å². The predicted octanol–water partition coefficient (Wildman–Crippen LogP) is -0.250. The van der Waals surface area contributed by atoms with E-state index in [1.54, 1.807) is 12.1 Å². The van der Waals surface area contributed by atoms with Crippen molar-refractivity contribution < 1.29 is 21.9 Å². The zero-order valence-corrected chi connectivity index (χ0v) is 13.9. The normalized spacial score (nSPS) is 10.8. The van der Waals surface area contributed by atoms with Gasteiger partial charge < -0.3 is 28.2 Å². The highest BCUT2D eigenvalue weighted by Crippen LogP contribution is 2.32. The summed E-state index contributed by atoms with van der Waals surface area (Å²) >= 11 is 12.1. The van der Waals surface area contributed by atoms with Gasteiger partial charge in [0.05, 0.1) is 5.02 Å². The first kappa shape index (κ1) is 19.3. The molecule has 1 aromatic carbocycles. The number of rotatable bonds is 5. The van der Waals surface area contributed by atoms with Crippen molar-refractivity contribution in [1.82, 2.24) is 5.32 Å². The number of nitrogens with two attached hydrogens (primary N) is 1. The maximum atomic E-state index is 10.8. The first-order valence-corrected chi connectivity index (χ1v) is 6.58. The summed E-state index contributed by atoms with van der Waals surface area (Å²) in [4.78, 5) is 10.8. The van der Waals surface area contributed by atoms with Crippen LogP contribution in [0.2, 0.25) is 10.0 Å². The molecule has 0 spiro atoms. The van der Waals surface area contributed by atoms with E-state index in [9.17, 15) is 4.79 Å². The minimum absolute atomic E-state index is 0. The Morgan fingerprint density at radius 3 is 2.45 bits per heavy atom. The highest BCUT2D eigenvalue weighted by atomic mass is 35.5. The van der Waals surface area contributed by atoms with E-state index in [4.69, 9.17) is 33.7 Å². The summed E-state index contributed by atoms with van der Waals surface area (Å²) in [5.74, 6) is -0.123. The number of amides is 1. The molecule has 20 heavy (non-hydrogen) atoms. The van der Waals surface area contributed by atoms with E-state index in [-0.39, 0.29) is 24.6 Å². The van der Waals surface area contributed by atoms with Crippen LogP contribution in [0.3, 0.4) is 0 Å². The number of carbonyl (C=O) groups excluding carboxylic acids is 1. The van der Waals surface area contributed by atoms with Gasteiger partial charge >= 0.3 is 0 Å². The van der Waals surface area contributed by atoms with Crippen molar-refractivity contribution in [2.24, 2.45) is 5.73 Å². The molecule has 4 nitrogen and oxygen atoms in total. The molecule has 0 aliphatic heterocycles. The standard InChI is InChI=1S/C13H18Cl2N2O2.ClH/c1-13(2,3)17-6-8-4-9(14)5-10(15)12(8)19-7-11(16)18;/h4-5,17H,6-7H2,1-3H3,(H2,16,18);1H/p-1. The van der Waals surface area contributed by atoms with Gasteiger partial charge in [0.15, 0.2) is 6.61 Å². The van der Waals surface area contributed by atoms with Crippen LogP contribution in [0.15, 0.2) is 12.1 Å². The molecule has 0 saturated heterocycles. The summed E-state index contributed by atoms with van der Waals surface area (Å²) in [6.07, 6.45) is 0. The molecular weight excluding hydrogens is 323 g/mol. The number of hydrogen-bond acceptors (Lipinski definition) is 3. The molecule has 0 aromatic heterocycles. The molecule has 0 unspecified atom stereocenters. The van der Waals surface area contributed by atoms with Crippen LogP contribution in [0.5, 0.6) is 5.75 Å². The van der Waals surface area contributed by atoms with Gasteiger partial charge in [0.25, 0.3) is 5.91 Å². The minimum atomic E-state index is -0.555. The number of carbonyl (C=O) groups is 1. The molecule has 0 aliphatic carbocycles. The molecule has 1 aromatic rings. The molecule has 1 amide bonds. The van der Waals surface area contributed by atoms with Crippen molar-refractivity contribution in [1.29, 1.82) is 0 Å². The SMILES string of the molecule is CC(C)(C)NCc1cc(Cl)cc(Cl)c1OCC(N)=O.[Cl-]. The van der Waals surface area contributed by atoms with Crippen molar-refractivity contribution in [2.45, 2.75) is 32.9 Å². The lowest BCUT2D eigenvalue weighted by atomic mass is 10.1. The third-order valence-electron chi connectivity index (χ3n) is 2.25. The lowest BCUT2D eigenvalue weighted by Gasteiger charge is -2.22. The maximum Gasteiger partial charge on any atom is 0.255 e. The third kappa shape index (κ3) is 6.66. The Bertz CT molecular complexity index is 473. The molecule has 7 heteroatoms. The Kier molecular flexibility index (Phi) is 7.66. The largest absolute Gasteiger partial charge is 1.00 e. The van der Waals surface area contributed by atoms with Crippen LogP contribution in [0.25, 0.3) is 0 Å². The Labute approximate surface area is 135 Å². The fourth-order valence-electron chi connectivity index (χ4n) is 1.41. The van der Waals surface area contributed by atoms with Crippen molar-refractivity contribution in [3.63, 3.8) is 0 Å². The molecule has 0 heterocycles. The van der Waals surface area contributed by atoms with Crippen LogP contribution in [0.1, 0.15) is 26.3 Å². The van der Waals surface area contributed by atoms with E-state index in [0.29, 0.717) is 22.3 Å². The van der Waals surface area contributed by atoms with Gasteiger partial charge in [-0.05, 0) is 32.9 Å². The quantitative estimate of drug-likeness (QED) is 0.777. The second-order valence-corrected chi connectivity index (χ2v) is 6.08. The number of ether oxygens (including phenoxy) is 1. The van der Waals surface area contributed by atoms with Crippen molar-refractivity contribution >= 4 is 29.1 Å². The predicted molar refractivity (Wildman–Crippen MR) is 77.7 cm³/mol. The van der Waals surface area contributed by atoms with E-state index in [2.05, 4.69) is 5.32 Å². The number of primary amides is 1. The maximum absolute atomic E-state index is 10.8. The van der Waals surface area contributed by atoms with E-state index >= 15 is 0 Å². The topological polar surface area (TPSA) is 64.3 Å². The van der Waals surface area contributed by atoms with Gasteiger partial charge in [-0.1, -0.05) is 23.2 Å². The second-order valence-electron chi connectivity index (χ2n) is 5.23. The average molecular weight is 341 g/mol. The van der Waals surface area contributed by atoms with Gasteiger partial charge in [0.1, 0.15) is 5.75 Å². The van der Waals surface area contributed by atoms with Gasteiger partial charge in [-0.2, -0.15) is 0 Å². The fourth-order valence-corrected chi connectivity index (χ4v) is 2.00. The Hall–Kier alpha value is -0.680. The minimum Gasteiger partial charge on any atom is -1.00 e. The summed E-state index contributed by atoms with van der Waals surface area (Å²) in [5.41, 5.74) is 5.79. The van der Waals surface area contributed by atoms with Crippen LogP contribution in [0.4, 0.5) is 0 Å². The lowest BCUT2D eigenvalue weighted by Crippen LogP contribution is -3.00. The number of hydrogen-bond donors (Lipinski definition) is 2. The summed E-state index contributed by atoms with van der Waals surface area (Å²) < 4.78 is 5.34. The van der Waals surface area contributed by atoms with Gasteiger partial charge in [0, 0.05) is 22.7 Å². The Morgan fingerprint density at radius 2 is 1.95 bits per heavy atom. The molecule has 0 radical (unpaired) electrons. The molecule has 0 aliphatic rings. The molecule has 3 N–H and O–H groups in total. The summed E-state index contributed by atoms with van der Waals surface area (Å²) in [7, 11) is 0. The summed E-state index contributed by atoms with van der Waals surface area (Å²) in [6, 6.07) is 3.32. The molecule has 0 saturated carbocycles. The van der Waals surface area contributed by atoms with E-state index in [0.717, 1.165) is 5.56 Å². The van der Waals surface area contributed by atoms with E-state index < -0.39 is 5.91 Å². The molecule has 1 rings (SSSR count). The molecule has 0 atom stereocenters. The molecule has 0 bridgehead atoms. The molecular formula is C13H18Cl3N2O2-. The number of halogens is 3. The summed E-state index contributed by atoms with van der Waals surface area (Å²) in [6.45, 7) is 6.44. The zero-order chi connectivity index (χ0) is 14.6. The fraction of sp³-hybridized carbons (Fsp3) is 0.462. The monoisotopic (exact) mass is 339 g/mol. The zero-order valence-electron chi connectivity index (χ0n) is 11.6. The molecule has 0 fully saturated rings. The lowest BCUT2D eigenvalue weighted by molar-refractivity contribution is -0.119. The average Bonchev–Trinajstić information content (AvgIpc) is 2.23. The number of nitrogens with one attached hydrogen (secondary N) is 1. The van der Waals surface area contributed by atoms with Crippen LogP contribution < -0.4 is 28.2 Å².